The van der Waals surface area contributed by atoms with E-state index >= 15 is 0 Å². The van der Waals surface area contributed by atoms with Gasteiger partial charge in [0.05, 0.1) is 0 Å². The Bertz CT molecular complexity index is 926. The lowest BCUT2D eigenvalue weighted by Crippen LogP contribution is -2.34. The van der Waals surface area contributed by atoms with Crippen molar-refractivity contribution in [2.75, 3.05) is 32.8 Å². The van der Waals surface area contributed by atoms with Gasteiger partial charge in [0, 0.05) is 24.0 Å². The minimum Gasteiger partial charge on any atom is -0.486 e. The third kappa shape index (κ3) is 4.20. The molecule has 2 aromatic rings. The second kappa shape index (κ2) is 8.41. The Morgan fingerprint density at radius 3 is 2.79 bits per heavy atom. The molecule has 0 aliphatic carbocycles. The van der Waals surface area contributed by atoms with Gasteiger partial charge >= 0.3 is 0 Å². The summed E-state index contributed by atoms with van der Waals surface area (Å²) in [5.74, 6) is 1.61. The number of ether oxygens (including phenoxy) is 2. The molecule has 0 radical (unpaired) electrons. The van der Waals surface area contributed by atoms with Crippen molar-refractivity contribution in [3.63, 3.8) is 0 Å². The van der Waals surface area contributed by atoms with E-state index in [1.807, 2.05) is 19.1 Å². The fourth-order valence-corrected chi connectivity index (χ4v) is 6.19. The molecule has 1 N–H and O–H groups in total. The van der Waals surface area contributed by atoms with Crippen molar-refractivity contribution in [3.05, 3.63) is 40.8 Å². The molecule has 2 aliphatic rings. The lowest BCUT2D eigenvalue weighted by atomic mass is 10.0. The van der Waals surface area contributed by atoms with Crippen LogP contribution < -0.4 is 14.2 Å². The molecule has 2 aliphatic heterocycles. The predicted octanol–water partition coefficient (Wildman–Crippen LogP) is 3.20. The van der Waals surface area contributed by atoms with Gasteiger partial charge in [0.2, 0.25) is 10.0 Å². The van der Waals surface area contributed by atoms with Crippen molar-refractivity contribution in [3.8, 4) is 11.5 Å². The Labute approximate surface area is 170 Å². The Balaban J connectivity index is 1.38. The smallest absolute Gasteiger partial charge is 0.250 e. The van der Waals surface area contributed by atoms with Gasteiger partial charge in [-0.3, -0.25) is 4.90 Å². The Morgan fingerprint density at radius 1 is 1.18 bits per heavy atom. The second-order valence-corrected chi connectivity index (χ2v) is 10.2. The third-order valence-electron chi connectivity index (χ3n) is 5.26. The lowest BCUT2D eigenvalue weighted by molar-refractivity contribution is 0.170. The quantitative estimate of drug-likeness (QED) is 0.742. The van der Waals surface area contributed by atoms with E-state index in [1.165, 1.54) is 16.9 Å². The molecule has 28 heavy (non-hydrogen) atoms. The minimum atomic E-state index is -3.43. The van der Waals surface area contributed by atoms with Crippen molar-refractivity contribution in [2.24, 2.45) is 0 Å². The Morgan fingerprint density at radius 2 is 2.00 bits per heavy atom. The number of rotatable bonds is 7. The zero-order valence-electron chi connectivity index (χ0n) is 16.0. The number of hydrogen-bond acceptors (Lipinski definition) is 6. The van der Waals surface area contributed by atoms with Crippen LogP contribution in [-0.4, -0.2) is 46.2 Å². The first-order valence-corrected chi connectivity index (χ1v) is 12.1. The number of thiophene rings is 1. The lowest BCUT2D eigenvalue weighted by Gasteiger charge is -2.26. The molecule has 6 nitrogen and oxygen atoms in total. The van der Waals surface area contributed by atoms with Gasteiger partial charge in [0.25, 0.3) is 0 Å². The summed E-state index contributed by atoms with van der Waals surface area (Å²) in [6.07, 6.45) is 3.03. The molecular formula is C20H26N2O4S2. The van der Waals surface area contributed by atoms with Crippen LogP contribution in [0.3, 0.4) is 0 Å². The first-order chi connectivity index (χ1) is 13.6. The molecule has 0 spiro atoms. The van der Waals surface area contributed by atoms with Crippen molar-refractivity contribution in [1.82, 2.24) is 9.62 Å². The maximum atomic E-state index is 12.5. The monoisotopic (exact) mass is 422 g/mol. The van der Waals surface area contributed by atoms with E-state index in [9.17, 15) is 8.42 Å². The molecule has 0 saturated carbocycles. The number of nitrogens with zero attached hydrogens (tertiary/aromatic N) is 1. The van der Waals surface area contributed by atoms with Crippen LogP contribution in [0.2, 0.25) is 0 Å². The number of hydrogen-bond donors (Lipinski definition) is 1. The van der Waals surface area contributed by atoms with Crippen molar-refractivity contribution in [2.45, 2.75) is 36.4 Å². The molecule has 0 amide bonds. The fraction of sp³-hybridized carbons (Fsp3) is 0.500. The minimum absolute atomic E-state index is 0.286. The van der Waals surface area contributed by atoms with Gasteiger partial charge in [0.15, 0.2) is 11.5 Å². The third-order valence-corrected chi connectivity index (χ3v) is 8.44. The van der Waals surface area contributed by atoms with Gasteiger partial charge in [0.1, 0.15) is 17.4 Å². The fourth-order valence-electron chi connectivity index (χ4n) is 3.83. The average Bonchev–Trinajstić information content (AvgIpc) is 3.37. The van der Waals surface area contributed by atoms with E-state index < -0.39 is 10.0 Å². The number of aryl methyl sites for hydroxylation is 1. The summed E-state index contributed by atoms with van der Waals surface area (Å²) in [7, 11) is -3.43. The van der Waals surface area contributed by atoms with Gasteiger partial charge in [-0.1, -0.05) is 13.0 Å². The molecule has 1 atom stereocenters. The molecule has 1 unspecified atom stereocenters. The van der Waals surface area contributed by atoms with E-state index in [2.05, 4.69) is 21.8 Å². The summed E-state index contributed by atoms with van der Waals surface area (Å²) < 4.78 is 39.5. The van der Waals surface area contributed by atoms with Gasteiger partial charge in [-0.15, -0.1) is 11.3 Å². The molecule has 152 valence electrons. The highest BCUT2D eigenvalue weighted by atomic mass is 32.2. The van der Waals surface area contributed by atoms with Crippen LogP contribution in [0.15, 0.2) is 34.5 Å². The number of fused-ring (bicyclic) bond motifs is 1. The molecule has 4 rings (SSSR count). The molecule has 1 aromatic heterocycles. The largest absolute Gasteiger partial charge is 0.486 e. The topological polar surface area (TPSA) is 67.9 Å². The Kier molecular flexibility index (Phi) is 5.91. The van der Waals surface area contributed by atoms with E-state index in [1.54, 1.807) is 6.07 Å². The normalized spacial score (nSPS) is 19.8. The van der Waals surface area contributed by atoms with Crippen LogP contribution in [0, 0.1) is 0 Å². The summed E-state index contributed by atoms with van der Waals surface area (Å²) >= 11 is 1.34. The summed E-state index contributed by atoms with van der Waals surface area (Å²) in [6, 6.07) is 10.0. The van der Waals surface area contributed by atoms with Crippen LogP contribution in [0.25, 0.3) is 0 Å². The molecular weight excluding hydrogens is 396 g/mol. The van der Waals surface area contributed by atoms with E-state index in [4.69, 9.17) is 9.47 Å². The second-order valence-electron chi connectivity index (χ2n) is 7.07. The van der Waals surface area contributed by atoms with Gasteiger partial charge in [-0.25, -0.2) is 13.1 Å². The summed E-state index contributed by atoms with van der Waals surface area (Å²) in [6.45, 7) is 5.26. The number of sulfonamides is 1. The van der Waals surface area contributed by atoms with E-state index in [0.717, 1.165) is 42.2 Å². The van der Waals surface area contributed by atoms with Crippen LogP contribution in [-0.2, 0) is 16.4 Å². The van der Waals surface area contributed by atoms with Crippen LogP contribution in [0.5, 0.6) is 11.5 Å². The number of likely N-dealkylation sites (tertiary alicyclic amines) is 1. The molecule has 3 heterocycles. The standard InChI is InChI=1S/C20H26N2O4S2/c1-2-16-6-8-20(27-16)28(23,24)21-9-11-22-10-3-4-17(22)15-5-7-18-19(14-15)26-13-12-25-18/h5-8,14,17,21H,2-4,9-13H2,1H3. The molecule has 1 aromatic carbocycles. The predicted molar refractivity (Wildman–Crippen MR) is 110 cm³/mol. The molecule has 1 fully saturated rings. The Hall–Kier alpha value is -1.61. The van der Waals surface area contributed by atoms with Gasteiger partial charge in [-0.05, 0) is 55.6 Å². The maximum Gasteiger partial charge on any atom is 0.250 e. The van der Waals surface area contributed by atoms with Crippen molar-refractivity contribution < 1.29 is 17.9 Å². The van der Waals surface area contributed by atoms with Gasteiger partial charge in [-0.2, -0.15) is 0 Å². The van der Waals surface area contributed by atoms with Crippen molar-refractivity contribution >= 4 is 21.4 Å². The average molecular weight is 423 g/mol. The molecule has 0 bridgehead atoms. The maximum absolute atomic E-state index is 12.5. The van der Waals surface area contributed by atoms with E-state index in [0.29, 0.717) is 30.5 Å². The molecule has 8 heteroatoms. The first kappa shape index (κ1) is 19.7. The molecule has 1 saturated heterocycles. The SMILES string of the molecule is CCc1ccc(S(=O)(=O)NCCN2CCCC2c2ccc3c(c2)OCCO3)s1. The highest BCUT2D eigenvalue weighted by Crippen LogP contribution is 2.37. The van der Waals surface area contributed by atoms with Gasteiger partial charge < -0.3 is 9.47 Å². The van der Waals surface area contributed by atoms with Crippen LogP contribution in [0.4, 0.5) is 0 Å². The summed E-state index contributed by atoms with van der Waals surface area (Å²) in [5, 5.41) is 0. The zero-order valence-corrected chi connectivity index (χ0v) is 17.7. The summed E-state index contributed by atoms with van der Waals surface area (Å²) in [5.41, 5.74) is 1.20. The van der Waals surface area contributed by atoms with Crippen LogP contribution >= 0.6 is 11.3 Å². The highest BCUT2D eigenvalue weighted by molar-refractivity contribution is 7.91. The number of benzene rings is 1. The highest BCUT2D eigenvalue weighted by Gasteiger charge is 2.27. The van der Waals surface area contributed by atoms with E-state index in [-0.39, 0.29) is 6.04 Å². The van der Waals surface area contributed by atoms with Crippen LogP contribution in [0.1, 0.15) is 36.2 Å². The van der Waals surface area contributed by atoms with Crippen molar-refractivity contribution in [1.29, 1.82) is 0 Å². The first-order valence-electron chi connectivity index (χ1n) is 9.79. The summed E-state index contributed by atoms with van der Waals surface area (Å²) in [4.78, 5) is 3.43. The number of nitrogens with one attached hydrogen (secondary N) is 1. The zero-order chi connectivity index (χ0) is 19.6.